The van der Waals surface area contributed by atoms with Crippen LogP contribution in [-0.2, 0) is 4.79 Å². The first-order chi connectivity index (χ1) is 11.4. The molecule has 0 rings (SSSR count). The van der Waals surface area contributed by atoms with Crippen LogP contribution in [-0.4, -0.2) is 47.7 Å². The Hall–Kier alpha value is -1.45. The van der Waals surface area contributed by atoms with Gasteiger partial charge < -0.3 is 0 Å². The molecule has 0 saturated heterocycles. The van der Waals surface area contributed by atoms with Gasteiger partial charge >= 0.3 is 42.0 Å². The molecule has 17 heteroatoms. The van der Waals surface area contributed by atoms with Crippen molar-refractivity contribution in [2.75, 3.05) is 0 Å². The van der Waals surface area contributed by atoms with E-state index in [-0.39, 0.29) is 0 Å². The van der Waals surface area contributed by atoms with Crippen LogP contribution in [0.15, 0.2) is 0 Å². The van der Waals surface area contributed by atoms with E-state index < -0.39 is 60.6 Å². The predicted molar refractivity (Wildman–Crippen MR) is 51.1 cm³/mol. The van der Waals surface area contributed by atoms with E-state index in [1.807, 2.05) is 0 Å². The topological polar surface area (TPSA) is 17.1 Å². The van der Waals surface area contributed by atoms with Gasteiger partial charge in [-0.25, -0.2) is 0 Å². The molecular formula is C10H4F16O. The average molecular weight is 444 g/mol. The third-order valence-corrected chi connectivity index (χ3v) is 2.98. The molecule has 27 heavy (non-hydrogen) atoms. The maximum absolute atomic E-state index is 13.1. The number of carbonyl (C=O) groups excluding carboxylic acids is 1. The van der Waals surface area contributed by atoms with Gasteiger partial charge in [0.25, 0.3) is 0 Å². The summed E-state index contributed by atoms with van der Waals surface area (Å²) < 4.78 is 199. The van der Waals surface area contributed by atoms with Crippen molar-refractivity contribution in [3.05, 3.63) is 0 Å². The molecule has 0 heterocycles. The Morgan fingerprint density at radius 2 is 0.852 bits per heavy atom. The second-order valence-corrected chi connectivity index (χ2v) is 4.92. The fourth-order valence-electron chi connectivity index (χ4n) is 1.37. The summed E-state index contributed by atoms with van der Waals surface area (Å²) in [6.07, 6.45) is -19.4. The van der Waals surface area contributed by atoms with Crippen molar-refractivity contribution >= 4 is 5.78 Å². The lowest BCUT2D eigenvalue weighted by Gasteiger charge is -2.39. The molecule has 0 aliphatic rings. The van der Waals surface area contributed by atoms with Crippen molar-refractivity contribution in [3.8, 4) is 0 Å². The zero-order valence-electron chi connectivity index (χ0n) is 11.9. The summed E-state index contributed by atoms with van der Waals surface area (Å²) in [4.78, 5) is 10.3. The molecule has 0 radical (unpaired) electrons. The second-order valence-electron chi connectivity index (χ2n) is 4.92. The highest BCUT2D eigenvalue weighted by molar-refractivity contribution is 5.83. The molecule has 0 aromatic carbocycles. The Kier molecular flexibility index (Phi) is 6.21. The Morgan fingerprint density at radius 3 is 1.15 bits per heavy atom. The molecular weight excluding hydrogens is 440 g/mol. The molecule has 0 aliphatic carbocycles. The van der Waals surface area contributed by atoms with Crippen LogP contribution in [0.4, 0.5) is 70.2 Å². The van der Waals surface area contributed by atoms with Gasteiger partial charge in [-0.15, -0.1) is 0 Å². The number of halogens is 16. The molecule has 0 aromatic heterocycles. The number of alkyl halides is 16. The maximum atomic E-state index is 13.1. The van der Waals surface area contributed by atoms with Crippen molar-refractivity contribution in [2.45, 2.75) is 54.8 Å². The van der Waals surface area contributed by atoms with E-state index in [1.165, 1.54) is 0 Å². The third-order valence-electron chi connectivity index (χ3n) is 2.98. The van der Waals surface area contributed by atoms with Crippen LogP contribution in [0.5, 0.6) is 0 Å². The van der Waals surface area contributed by atoms with E-state index in [2.05, 4.69) is 0 Å². The van der Waals surface area contributed by atoms with Crippen LogP contribution in [0.2, 0.25) is 0 Å². The molecule has 0 unspecified atom stereocenters. The monoisotopic (exact) mass is 444 g/mol. The highest BCUT2D eigenvalue weighted by Crippen LogP contribution is 2.60. The molecule has 0 saturated carbocycles. The largest absolute Gasteiger partial charge is 0.460 e. The highest BCUT2D eigenvalue weighted by Gasteiger charge is 2.90. The minimum absolute atomic E-state index is 2.68. The lowest BCUT2D eigenvalue weighted by molar-refractivity contribution is -0.440. The summed E-state index contributed by atoms with van der Waals surface area (Å²) in [6, 6.07) is 0. The first-order valence-corrected chi connectivity index (χ1v) is 5.93. The van der Waals surface area contributed by atoms with Crippen LogP contribution in [0, 0.1) is 0 Å². The van der Waals surface area contributed by atoms with Gasteiger partial charge in [0.15, 0.2) is 0 Å². The van der Waals surface area contributed by atoms with Gasteiger partial charge in [-0.2, -0.15) is 70.2 Å². The lowest BCUT2D eigenvalue weighted by atomic mass is 9.91. The first-order valence-electron chi connectivity index (χ1n) is 5.93. The summed E-state index contributed by atoms with van der Waals surface area (Å²) in [7, 11) is 0. The molecule has 0 amide bonds. The lowest BCUT2D eigenvalue weighted by Crippen LogP contribution is -2.70. The van der Waals surface area contributed by atoms with Crippen molar-refractivity contribution in [1.29, 1.82) is 0 Å². The van der Waals surface area contributed by atoms with E-state index in [4.69, 9.17) is 0 Å². The highest BCUT2D eigenvalue weighted by atomic mass is 19.4. The summed E-state index contributed by atoms with van der Waals surface area (Å²) in [5.74, 6) is -41.8. The molecule has 162 valence electrons. The summed E-state index contributed by atoms with van der Waals surface area (Å²) in [6.45, 7) is 0. The molecule has 0 atom stereocenters. The Morgan fingerprint density at radius 1 is 0.519 bits per heavy atom. The SMILES string of the molecule is O=C(CCC(F)(F)C(F)(F)C(F)(F)C(F)(F)C(F)(F)C(F)(F)F)C(F)(F)F. The van der Waals surface area contributed by atoms with E-state index >= 15 is 0 Å². The maximum Gasteiger partial charge on any atom is 0.460 e. The fraction of sp³-hybridized carbons (Fsp3) is 0.900. The van der Waals surface area contributed by atoms with Gasteiger partial charge in [-0.05, 0) is 0 Å². The Bertz CT molecular complexity index is 553. The number of rotatable bonds is 7. The average Bonchev–Trinajstić information content (AvgIpc) is 2.41. The van der Waals surface area contributed by atoms with Crippen molar-refractivity contribution in [3.63, 3.8) is 0 Å². The molecule has 0 spiro atoms. The number of carbonyl (C=O) groups is 1. The Balaban J connectivity index is 5.98. The Labute approximate surface area is 137 Å². The molecule has 1 nitrogen and oxygen atoms in total. The third kappa shape index (κ3) is 4.05. The van der Waals surface area contributed by atoms with E-state index in [0.29, 0.717) is 0 Å². The van der Waals surface area contributed by atoms with Gasteiger partial charge in [-0.1, -0.05) is 0 Å². The van der Waals surface area contributed by atoms with Crippen LogP contribution in [0.1, 0.15) is 12.8 Å². The van der Waals surface area contributed by atoms with Gasteiger partial charge in [-0.3, -0.25) is 4.79 Å². The van der Waals surface area contributed by atoms with Crippen LogP contribution in [0.25, 0.3) is 0 Å². The number of hydrogen-bond acceptors (Lipinski definition) is 1. The smallest absolute Gasteiger partial charge is 0.290 e. The minimum Gasteiger partial charge on any atom is -0.290 e. The minimum atomic E-state index is -8.14. The quantitative estimate of drug-likeness (QED) is 0.465. The van der Waals surface area contributed by atoms with Gasteiger partial charge in [0.2, 0.25) is 5.78 Å². The van der Waals surface area contributed by atoms with E-state index in [1.54, 1.807) is 0 Å². The van der Waals surface area contributed by atoms with Crippen LogP contribution >= 0.6 is 0 Å². The number of Topliss-reactive ketones (excluding diaryl/α,β-unsaturated/α-hetero) is 1. The predicted octanol–water partition coefficient (Wildman–Crippen LogP) is 5.64. The fourth-order valence-corrected chi connectivity index (χ4v) is 1.37. The summed E-state index contributed by atoms with van der Waals surface area (Å²) in [5.41, 5.74) is 0. The molecule has 0 N–H and O–H groups in total. The van der Waals surface area contributed by atoms with E-state index in [9.17, 15) is 75.0 Å². The van der Waals surface area contributed by atoms with Gasteiger partial charge in [0.1, 0.15) is 0 Å². The zero-order chi connectivity index (χ0) is 22.5. The molecule has 0 aromatic rings. The van der Waals surface area contributed by atoms with Crippen LogP contribution < -0.4 is 0 Å². The van der Waals surface area contributed by atoms with E-state index in [0.717, 1.165) is 0 Å². The first kappa shape index (κ1) is 25.6. The van der Waals surface area contributed by atoms with Crippen molar-refractivity contribution < 1.29 is 75.0 Å². The van der Waals surface area contributed by atoms with Gasteiger partial charge in [0.05, 0.1) is 0 Å². The molecule has 0 fully saturated rings. The van der Waals surface area contributed by atoms with Crippen LogP contribution in [0.3, 0.4) is 0 Å². The second kappa shape index (κ2) is 6.56. The molecule has 0 aliphatic heterocycles. The number of hydrogen-bond donors (Lipinski definition) is 0. The molecule has 0 bridgehead atoms. The normalized spacial score (nSPS) is 15.9. The number of ketones is 1. The zero-order valence-corrected chi connectivity index (χ0v) is 11.9. The summed E-state index contributed by atoms with van der Waals surface area (Å²) in [5, 5.41) is 0. The van der Waals surface area contributed by atoms with Gasteiger partial charge in [0, 0.05) is 12.8 Å². The van der Waals surface area contributed by atoms with Crippen molar-refractivity contribution in [2.24, 2.45) is 0 Å². The van der Waals surface area contributed by atoms with Crippen molar-refractivity contribution in [1.82, 2.24) is 0 Å². The standard InChI is InChI=1S/C10H4F16O/c11-4(12,2-1-3(27)5(13,14)15)6(16,17)7(18,19)8(20,21)9(22,23)10(24,25)26/h1-2H2. The summed E-state index contributed by atoms with van der Waals surface area (Å²) >= 11 is 0.